The molecule has 1 aromatic rings. The fourth-order valence-electron chi connectivity index (χ4n) is 2.23. The molecule has 1 heterocycles. The summed E-state index contributed by atoms with van der Waals surface area (Å²) < 4.78 is 0.562. The van der Waals surface area contributed by atoms with E-state index in [-0.39, 0.29) is 17.6 Å². The summed E-state index contributed by atoms with van der Waals surface area (Å²) in [4.78, 5) is 22.5. The number of hydrogen-bond acceptors (Lipinski definition) is 4. The van der Waals surface area contributed by atoms with Crippen LogP contribution in [-0.4, -0.2) is 30.0 Å². The van der Waals surface area contributed by atoms with Crippen LogP contribution in [0.1, 0.15) is 29.6 Å². The van der Waals surface area contributed by atoms with E-state index in [1.807, 2.05) is 0 Å². The molecule has 0 aromatic heterocycles. The summed E-state index contributed by atoms with van der Waals surface area (Å²) in [6, 6.07) is 4.32. The fraction of sp³-hybridized carbons (Fsp3) is 0.462. The number of carbonyl (C=O) groups is 1. The van der Waals surface area contributed by atoms with Crippen molar-refractivity contribution in [3.63, 3.8) is 0 Å². The van der Waals surface area contributed by atoms with Crippen molar-refractivity contribution in [3.05, 3.63) is 38.3 Å². The standard InChI is InChI=1S/C13H16BrN3O3/c14-12-4-3-10(17(19)20)8-11(12)13(18)16-9-2-1-6-15-7-5-9/h3-4,8-9,15H,1-2,5-7H2,(H,16,18). The molecule has 0 aliphatic carbocycles. The first-order chi connectivity index (χ1) is 9.58. The average molecular weight is 342 g/mol. The number of carbonyl (C=O) groups excluding carboxylic acids is 1. The van der Waals surface area contributed by atoms with Crippen molar-refractivity contribution in [1.82, 2.24) is 10.6 Å². The van der Waals surface area contributed by atoms with Crippen LogP contribution in [0.5, 0.6) is 0 Å². The summed E-state index contributed by atoms with van der Waals surface area (Å²) in [7, 11) is 0. The SMILES string of the molecule is O=C(NC1CCCNCC1)c1cc([N+](=O)[O-])ccc1Br. The molecule has 7 heteroatoms. The van der Waals surface area contributed by atoms with E-state index in [0.717, 1.165) is 32.4 Å². The van der Waals surface area contributed by atoms with Crippen molar-refractivity contribution in [2.45, 2.75) is 25.3 Å². The molecule has 1 fully saturated rings. The largest absolute Gasteiger partial charge is 0.349 e. The van der Waals surface area contributed by atoms with Gasteiger partial charge in [0.25, 0.3) is 11.6 Å². The van der Waals surface area contributed by atoms with Crippen LogP contribution in [0.2, 0.25) is 0 Å². The third-order valence-electron chi connectivity index (χ3n) is 3.32. The van der Waals surface area contributed by atoms with Crippen molar-refractivity contribution >= 4 is 27.5 Å². The van der Waals surface area contributed by atoms with Gasteiger partial charge in [0, 0.05) is 22.6 Å². The lowest BCUT2D eigenvalue weighted by atomic mass is 10.1. The van der Waals surface area contributed by atoms with E-state index < -0.39 is 4.92 Å². The van der Waals surface area contributed by atoms with Gasteiger partial charge < -0.3 is 10.6 Å². The van der Waals surface area contributed by atoms with Crippen LogP contribution in [-0.2, 0) is 0 Å². The van der Waals surface area contributed by atoms with Crippen LogP contribution >= 0.6 is 15.9 Å². The van der Waals surface area contributed by atoms with Crippen LogP contribution in [0.15, 0.2) is 22.7 Å². The summed E-state index contributed by atoms with van der Waals surface area (Å²) >= 11 is 3.26. The number of nitrogens with one attached hydrogen (secondary N) is 2. The van der Waals surface area contributed by atoms with Gasteiger partial charge in [-0.1, -0.05) is 0 Å². The number of amides is 1. The Labute approximate surface area is 125 Å². The Kier molecular flexibility index (Phi) is 5.08. The van der Waals surface area contributed by atoms with Crippen LogP contribution in [0.25, 0.3) is 0 Å². The van der Waals surface area contributed by atoms with Gasteiger partial charge in [-0.25, -0.2) is 0 Å². The highest BCUT2D eigenvalue weighted by atomic mass is 79.9. The molecule has 0 bridgehead atoms. The monoisotopic (exact) mass is 341 g/mol. The lowest BCUT2D eigenvalue weighted by Crippen LogP contribution is -2.35. The van der Waals surface area contributed by atoms with E-state index in [9.17, 15) is 14.9 Å². The van der Waals surface area contributed by atoms with Gasteiger partial charge in [-0.05, 0) is 54.3 Å². The number of rotatable bonds is 3. The predicted molar refractivity (Wildman–Crippen MR) is 78.8 cm³/mol. The summed E-state index contributed by atoms with van der Waals surface area (Å²) in [5.74, 6) is -0.271. The molecule has 0 saturated carbocycles. The van der Waals surface area contributed by atoms with Crippen LogP contribution in [0.4, 0.5) is 5.69 Å². The molecule has 1 aromatic carbocycles. The third-order valence-corrected chi connectivity index (χ3v) is 4.01. The maximum Gasteiger partial charge on any atom is 0.270 e. The Balaban J connectivity index is 2.11. The fourth-order valence-corrected chi connectivity index (χ4v) is 2.65. The molecule has 0 spiro atoms. The maximum absolute atomic E-state index is 12.2. The van der Waals surface area contributed by atoms with Gasteiger partial charge in [0.15, 0.2) is 0 Å². The van der Waals surface area contributed by atoms with Crippen molar-refractivity contribution < 1.29 is 9.72 Å². The summed E-state index contributed by atoms with van der Waals surface area (Å²) in [6.45, 7) is 1.84. The van der Waals surface area contributed by atoms with Gasteiger partial charge in [0.2, 0.25) is 0 Å². The zero-order chi connectivity index (χ0) is 14.5. The summed E-state index contributed by atoms with van der Waals surface area (Å²) in [5, 5.41) is 17.0. The molecule has 1 saturated heterocycles. The molecule has 2 N–H and O–H groups in total. The van der Waals surface area contributed by atoms with Crippen molar-refractivity contribution in [1.29, 1.82) is 0 Å². The van der Waals surface area contributed by atoms with Crippen LogP contribution in [0, 0.1) is 10.1 Å². The second-order valence-corrected chi connectivity index (χ2v) is 5.63. The smallest absolute Gasteiger partial charge is 0.270 e. The molecule has 1 atom stereocenters. The minimum Gasteiger partial charge on any atom is -0.349 e. The lowest BCUT2D eigenvalue weighted by Gasteiger charge is -2.16. The number of nitro benzene ring substituents is 1. The molecule has 1 aliphatic heterocycles. The van der Waals surface area contributed by atoms with Gasteiger partial charge in [0.05, 0.1) is 10.5 Å². The zero-order valence-corrected chi connectivity index (χ0v) is 12.5. The van der Waals surface area contributed by atoms with Gasteiger partial charge in [-0.3, -0.25) is 14.9 Å². The average Bonchev–Trinajstić information content (AvgIpc) is 2.67. The Morgan fingerprint density at radius 1 is 1.40 bits per heavy atom. The lowest BCUT2D eigenvalue weighted by molar-refractivity contribution is -0.384. The van der Waals surface area contributed by atoms with E-state index in [1.54, 1.807) is 0 Å². The van der Waals surface area contributed by atoms with Gasteiger partial charge in [-0.15, -0.1) is 0 Å². The first-order valence-electron chi connectivity index (χ1n) is 6.53. The highest BCUT2D eigenvalue weighted by molar-refractivity contribution is 9.10. The molecule has 1 aliphatic rings. The predicted octanol–water partition coefficient (Wildman–Crippen LogP) is 2.23. The first-order valence-corrected chi connectivity index (χ1v) is 7.33. The van der Waals surface area contributed by atoms with E-state index in [4.69, 9.17) is 0 Å². The molecule has 2 rings (SSSR count). The van der Waals surface area contributed by atoms with E-state index in [1.165, 1.54) is 18.2 Å². The molecule has 0 radical (unpaired) electrons. The minimum absolute atomic E-state index is 0.0825. The number of benzene rings is 1. The van der Waals surface area contributed by atoms with Crippen molar-refractivity contribution in [3.8, 4) is 0 Å². The van der Waals surface area contributed by atoms with Crippen LogP contribution < -0.4 is 10.6 Å². The Bertz CT molecular complexity index is 514. The molecule has 1 amide bonds. The second kappa shape index (κ2) is 6.81. The second-order valence-electron chi connectivity index (χ2n) is 4.77. The molecular weight excluding hydrogens is 326 g/mol. The van der Waals surface area contributed by atoms with Gasteiger partial charge >= 0.3 is 0 Å². The van der Waals surface area contributed by atoms with Crippen molar-refractivity contribution in [2.75, 3.05) is 13.1 Å². The van der Waals surface area contributed by atoms with Crippen LogP contribution in [0.3, 0.4) is 0 Å². The first kappa shape index (κ1) is 14.9. The number of halogens is 1. The molecular formula is C13H16BrN3O3. The maximum atomic E-state index is 12.2. The molecule has 20 heavy (non-hydrogen) atoms. The summed E-state index contributed by atoms with van der Waals surface area (Å²) in [5.41, 5.74) is 0.220. The molecule has 1 unspecified atom stereocenters. The number of non-ortho nitro benzene ring substituents is 1. The normalized spacial score (nSPS) is 19.1. The van der Waals surface area contributed by atoms with E-state index in [2.05, 4.69) is 26.6 Å². The van der Waals surface area contributed by atoms with Gasteiger partial charge in [-0.2, -0.15) is 0 Å². The quantitative estimate of drug-likeness (QED) is 0.652. The number of hydrogen-bond donors (Lipinski definition) is 2. The van der Waals surface area contributed by atoms with Crippen molar-refractivity contribution in [2.24, 2.45) is 0 Å². The number of nitrogens with zero attached hydrogens (tertiary/aromatic N) is 1. The third kappa shape index (κ3) is 3.77. The highest BCUT2D eigenvalue weighted by Crippen LogP contribution is 2.22. The van der Waals surface area contributed by atoms with Gasteiger partial charge in [0.1, 0.15) is 0 Å². The van der Waals surface area contributed by atoms with E-state index in [0.29, 0.717) is 10.0 Å². The Morgan fingerprint density at radius 3 is 2.95 bits per heavy atom. The zero-order valence-electron chi connectivity index (χ0n) is 10.9. The Hall–Kier alpha value is -1.47. The summed E-state index contributed by atoms with van der Waals surface area (Å²) in [6.07, 6.45) is 2.81. The molecule has 108 valence electrons. The topological polar surface area (TPSA) is 84.3 Å². The minimum atomic E-state index is -0.501. The highest BCUT2D eigenvalue weighted by Gasteiger charge is 2.19. The number of nitro groups is 1. The molecule has 6 nitrogen and oxygen atoms in total. The Morgan fingerprint density at radius 2 is 2.20 bits per heavy atom. The van der Waals surface area contributed by atoms with E-state index >= 15 is 0 Å².